The van der Waals surface area contributed by atoms with Crippen molar-refractivity contribution in [2.75, 3.05) is 0 Å². The normalized spacial score (nSPS) is 15.2. The molecular weight excluding hydrogens is 475 g/mol. The van der Waals surface area contributed by atoms with E-state index >= 15 is 0 Å². The summed E-state index contributed by atoms with van der Waals surface area (Å²) in [7, 11) is 0. The van der Waals surface area contributed by atoms with E-state index in [4.69, 9.17) is 23.2 Å². The molecule has 1 aliphatic rings. The van der Waals surface area contributed by atoms with E-state index in [9.17, 15) is 9.59 Å². The van der Waals surface area contributed by atoms with E-state index in [-0.39, 0.29) is 17.7 Å². The minimum Gasteiger partial charge on any atom is -0.342 e. The van der Waals surface area contributed by atoms with Crippen LogP contribution in [0, 0.1) is 0 Å². The fourth-order valence-corrected chi connectivity index (χ4v) is 5.20. The highest BCUT2D eigenvalue weighted by Gasteiger charge is 2.35. The molecule has 4 aromatic rings. The number of hydrogen-bond acceptors (Lipinski definition) is 3. The number of halogens is 2. The van der Waals surface area contributed by atoms with Crippen LogP contribution in [0.2, 0.25) is 10.0 Å². The molecule has 164 valence electrons. The van der Waals surface area contributed by atoms with Crippen molar-refractivity contribution in [2.45, 2.75) is 13.1 Å². The van der Waals surface area contributed by atoms with Gasteiger partial charge in [-0.15, -0.1) is 0 Å². The third-order valence-corrected chi connectivity index (χ3v) is 7.01. The third-order valence-electron chi connectivity index (χ3n) is 5.52. The van der Waals surface area contributed by atoms with Crippen molar-refractivity contribution in [3.63, 3.8) is 0 Å². The summed E-state index contributed by atoms with van der Waals surface area (Å²) >= 11 is 13.2. The van der Waals surface area contributed by atoms with Crippen molar-refractivity contribution < 1.29 is 9.59 Å². The molecule has 5 rings (SSSR count). The van der Waals surface area contributed by atoms with Gasteiger partial charge in [0.05, 0.1) is 11.4 Å². The summed E-state index contributed by atoms with van der Waals surface area (Å²) in [5.41, 5.74) is 3.82. The van der Waals surface area contributed by atoms with Crippen molar-refractivity contribution in [3.05, 3.63) is 111 Å². The van der Waals surface area contributed by atoms with Gasteiger partial charge in [0.25, 0.3) is 11.1 Å². The predicted octanol–water partition coefficient (Wildman–Crippen LogP) is 7.23. The van der Waals surface area contributed by atoms with E-state index in [0.29, 0.717) is 27.1 Å². The first-order valence-electron chi connectivity index (χ1n) is 10.3. The SMILES string of the molecule is O=C1S/C(=C\c2cn(Cc3ccccc3)c3ccccc23)C(=O)N1Cc1ccc(Cl)cc1Cl. The van der Waals surface area contributed by atoms with Crippen LogP contribution >= 0.6 is 35.0 Å². The molecule has 0 atom stereocenters. The second kappa shape index (κ2) is 9.10. The fourth-order valence-electron chi connectivity index (χ4n) is 3.90. The molecule has 0 radical (unpaired) electrons. The molecule has 33 heavy (non-hydrogen) atoms. The van der Waals surface area contributed by atoms with Crippen LogP contribution in [0.1, 0.15) is 16.7 Å². The maximum Gasteiger partial charge on any atom is 0.293 e. The zero-order chi connectivity index (χ0) is 22.9. The van der Waals surface area contributed by atoms with Crippen LogP contribution in [0.5, 0.6) is 0 Å². The van der Waals surface area contributed by atoms with E-state index in [0.717, 1.165) is 28.2 Å². The summed E-state index contributed by atoms with van der Waals surface area (Å²) < 4.78 is 2.16. The van der Waals surface area contributed by atoms with E-state index in [1.165, 1.54) is 10.5 Å². The highest BCUT2D eigenvalue weighted by molar-refractivity contribution is 8.18. The summed E-state index contributed by atoms with van der Waals surface area (Å²) in [6.07, 6.45) is 3.83. The van der Waals surface area contributed by atoms with Gasteiger partial charge in [0.2, 0.25) is 0 Å². The van der Waals surface area contributed by atoms with Crippen LogP contribution in [0.3, 0.4) is 0 Å². The number of rotatable bonds is 5. The Kier molecular flexibility index (Phi) is 6.02. The highest BCUT2D eigenvalue weighted by atomic mass is 35.5. The molecule has 2 heterocycles. The lowest BCUT2D eigenvalue weighted by Crippen LogP contribution is -2.27. The number of para-hydroxylation sites is 1. The van der Waals surface area contributed by atoms with Crippen LogP contribution < -0.4 is 0 Å². The zero-order valence-corrected chi connectivity index (χ0v) is 19.7. The number of thioether (sulfide) groups is 1. The van der Waals surface area contributed by atoms with E-state index in [1.54, 1.807) is 24.3 Å². The van der Waals surface area contributed by atoms with Gasteiger partial charge in [0, 0.05) is 39.3 Å². The number of nitrogens with zero attached hydrogens (tertiary/aromatic N) is 2. The van der Waals surface area contributed by atoms with Crippen molar-refractivity contribution in [2.24, 2.45) is 0 Å². The Labute approximate surface area is 205 Å². The average Bonchev–Trinajstić information content (AvgIpc) is 3.28. The van der Waals surface area contributed by atoms with Gasteiger partial charge in [-0.1, -0.05) is 77.8 Å². The first-order chi connectivity index (χ1) is 16.0. The largest absolute Gasteiger partial charge is 0.342 e. The van der Waals surface area contributed by atoms with Gasteiger partial charge < -0.3 is 4.57 Å². The molecule has 0 saturated carbocycles. The Morgan fingerprint density at radius 3 is 2.42 bits per heavy atom. The number of carbonyl (C=O) groups excluding carboxylic acids is 2. The lowest BCUT2D eigenvalue weighted by molar-refractivity contribution is -0.123. The minimum absolute atomic E-state index is 0.105. The van der Waals surface area contributed by atoms with Gasteiger partial charge in [-0.05, 0) is 47.2 Å². The van der Waals surface area contributed by atoms with Gasteiger partial charge in [0.15, 0.2) is 0 Å². The Morgan fingerprint density at radius 2 is 1.64 bits per heavy atom. The smallest absolute Gasteiger partial charge is 0.293 e. The maximum atomic E-state index is 13.1. The molecule has 1 aliphatic heterocycles. The first kappa shape index (κ1) is 21.8. The molecule has 1 aromatic heterocycles. The number of benzene rings is 3. The predicted molar refractivity (Wildman–Crippen MR) is 135 cm³/mol. The lowest BCUT2D eigenvalue weighted by Gasteiger charge is -2.13. The number of carbonyl (C=O) groups is 2. The van der Waals surface area contributed by atoms with Gasteiger partial charge in [-0.25, -0.2) is 0 Å². The van der Waals surface area contributed by atoms with Crippen molar-refractivity contribution in [1.29, 1.82) is 0 Å². The highest BCUT2D eigenvalue weighted by Crippen LogP contribution is 2.36. The van der Waals surface area contributed by atoms with Gasteiger partial charge in [-0.3, -0.25) is 14.5 Å². The maximum absolute atomic E-state index is 13.1. The molecule has 0 aliphatic carbocycles. The van der Waals surface area contributed by atoms with Gasteiger partial charge in [-0.2, -0.15) is 0 Å². The Balaban J connectivity index is 1.46. The molecule has 0 N–H and O–H groups in total. The second-order valence-corrected chi connectivity index (χ2v) is 9.56. The van der Waals surface area contributed by atoms with E-state index in [2.05, 4.69) is 22.8 Å². The lowest BCUT2D eigenvalue weighted by atomic mass is 10.1. The molecule has 1 saturated heterocycles. The molecule has 4 nitrogen and oxygen atoms in total. The molecule has 0 spiro atoms. The van der Waals surface area contributed by atoms with Crippen molar-refractivity contribution in [1.82, 2.24) is 9.47 Å². The molecule has 1 fully saturated rings. The summed E-state index contributed by atoms with van der Waals surface area (Å²) in [5, 5.41) is 1.64. The summed E-state index contributed by atoms with van der Waals surface area (Å²) in [5.74, 6) is -0.323. The van der Waals surface area contributed by atoms with Crippen LogP contribution in [0.4, 0.5) is 4.79 Å². The zero-order valence-electron chi connectivity index (χ0n) is 17.4. The summed E-state index contributed by atoms with van der Waals surface area (Å²) in [4.78, 5) is 27.3. The molecule has 2 amide bonds. The van der Waals surface area contributed by atoms with E-state index in [1.807, 2.05) is 42.6 Å². The summed E-state index contributed by atoms with van der Waals surface area (Å²) in [6.45, 7) is 0.819. The number of aromatic nitrogens is 1. The number of amides is 2. The van der Waals surface area contributed by atoms with Gasteiger partial charge >= 0.3 is 0 Å². The number of imide groups is 1. The molecule has 0 bridgehead atoms. The van der Waals surface area contributed by atoms with Crippen LogP contribution in [-0.4, -0.2) is 20.6 Å². The average molecular weight is 493 g/mol. The van der Waals surface area contributed by atoms with Crippen molar-refractivity contribution >= 4 is 63.1 Å². The molecule has 3 aromatic carbocycles. The minimum atomic E-state index is -0.323. The Bertz CT molecular complexity index is 1410. The Morgan fingerprint density at radius 1 is 0.879 bits per heavy atom. The van der Waals surface area contributed by atoms with Crippen LogP contribution in [-0.2, 0) is 17.9 Å². The fraction of sp³-hybridized carbons (Fsp3) is 0.0769. The van der Waals surface area contributed by atoms with E-state index < -0.39 is 0 Å². The standard InChI is InChI=1S/C26H18Cl2N2O2S/c27-20-11-10-18(22(28)13-20)16-30-25(31)24(33-26(30)32)12-19-15-29(14-17-6-2-1-3-7-17)23-9-5-4-8-21(19)23/h1-13,15H,14,16H2/b24-12-. The molecule has 0 unspecified atom stereocenters. The third kappa shape index (κ3) is 4.44. The van der Waals surface area contributed by atoms with Crippen LogP contribution in [0.15, 0.2) is 83.9 Å². The van der Waals surface area contributed by atoms with Crippen LogP contribution in [0.25, 0.3) is 17.0 Å². The molecule has 7 heteroatoms. The number of fused-ring (bicyclic) bond motifs is 1. The molecular formula is C26H18Cl2N2O2S. The van der Waals surface area contributed by atoms with Crippen molar-refractivity contribution in [3.8, 4) is 0 Å². The van der Waals surface area contributed by atoms with Gasteiger partial charge in [0.1, 0.15) is 0 Å². The number of hydrogen-bond donors (Lipinski definition) is 0. The topological polar surface area (TPSA) is 42.3 Å². The quantitative estimate of drug-likeness (QED) is 0.276. The first-order valence-corrected chi connectivity index (χ1v) is 11.9. The second-order valence-electron chi connectivity index (χ2n) is 7.72. The summed E-state index contributed by atoms with van der Waals surface area (Å²) in [6, 6.07) is 23.3. The Hall–Kier alpha value is -2.99. The monoisotopic (exact) mass is 492 g/mol.